The minimum Gasteiger partial charge on any atom is -0.258 e. The highest BCUT2D eigenvalue weighted by atomic mass is 35.5. The molecule has 25 heavy (non-hydrogen) atoms. The van der Waals surface area contributed by atoms with Gasteiger partial charge in [-0.25, -0.2) is 13.1 Å². The van der Waals surface area contributed by atoms with E-state index in [1.165, 1.54) is 18.2 Å². The Morgan fingerprint density at radius 1 is 1.12 bits per heavy atom. The molecule has 6 nitrogen and oxygen atoms in total. The van der Waals surface area contributed by atoms with Gasteiger partial charge in [0.2, 0.25) is 10.0 Å². The predicted octanol–water partition coefficient (Wildman–Crippen LogP) is 3.60. The third kappa shape index (κ3) is 7.03. The van der Waals surface area contributed by atoms with Crippen LogP contribution in [-0.4, -0.2) is 25.6 Å². The zero-order chi connectivity index (χ0) is 18.3. The van der Waals surface area contributed by atoms with Crippen LogP contribution in [0.1, 0.15) is 11.1 Å². The van der Waals surface area contributed by atoms with Crippen molar-refractivity contribution >= 4 is 39.1 Å². The summed E-state index contributed by atoms with van der Waals surface area (Å²) in [5.74, 6) is 1.11. The van der Waals surface area contributed by atoms with E-state index in [4.69, 9.17) is 11.6 Å². The Hall–Kier alpha value is -1.61. The molecule has 0 atom stereocenters. The van der Waals surface area contributed by atoms with Crippen molar-refractivity contribution in [3.63, 3.8) is 0 Å². The van der Waals surface area contributed by atoms with Crippen molar-refractivity contribution in [1.29, 1.82) is 0 Å². The van der Waals surface area contributed by atoms with Crippen molar-refractivity contribution in [2.45, 2.75) is 11.5 Å². The van der Waals surface area contributed by atoms with Crippen molar-refractivity contribution < 1.29 is 13.3 Å². The molecule has 0 amide bonds. The summed E-state index contributed by atoms with van der Waals surface area (Å²) in [6.07, 6.45) is 0. The molecule has 1 N–H and O–H groups in total. The number of nitro benzene ring substituents is 1. The van der Waals surface area contributed by atoms with E-state index in [0.717, 1.165) is 11.3 Å². The second-order valence-electron chi connectivity index (χ2n) is 5.26. The normalized spacial score (nSPS) is 11.4. The molecule has 0 unspecified atom stereocenters. The minimum absolute atomic E-state index is 0.119. The summed E-state index contributed by atoms with van der Waals surface area (Å²) in [6.45, 7) is 0.301. The Labute approximate surface area is 155 Å². The number of rotatable bonds is 9. The maximum absolute atomic E-state index is 12.0. The van der Waals surface area contributed by atoms with Crippen molar-refractivity contribution in [3.05, 3.63) is 74.8 Å². The predicted molar refractivity (Wildman–Crippen MR) is 101 cm³/mol. The second-order valence-corrected chi connectivity index (χ2v) is 8.61. The van der Waals surface area contributed by atoms with Crippen LogP contribution in [0.4, 0.5) is 5.69 Å². The Morgan fingerprint density at radius 2 is 1.84 bits per heavy atom. The van der Waals surface area contributed by atoms with E-state index in [-0.39, 0.29) is 11.4 Å². The van der Waals surface area contributed by atoms with E-state index in [1.807, 2.05) is 24.3 Å². The average Bonchev–Trinajstić information content (AvgIpc) is 2.56. The fourth-order valence-electron chi connectivity index (χ4n) is 2.07. The van der Waals surface area contributed by atoms with Crippen LogP contribution < -0.4 is 4.72 Å². The fourth-order valence-corrected chi connectivity index (χ4v) is 4.28. The average molecular weight is 401 g/mol. The SMILES string of the molecule is O=[N+]([O-])c1cccc(CS(=O)(=O)NCCSCc2ccc(Cl)cc2)c1. The molecular formula is C16H17ClN2O4S2. The fraction of sp³-hybridized carbons (Fsp3) is 0.250. The Balaban J connectivity index is 1.76. The zero-order valence-electron chi connectivity index (χ0n) is 13.2. The number of hydrogen-bond donors (Lipinski definition) is 1. The number of nitrogens with zero attached hydrogens (tertiary/aromatic N) is 1. The van der Waals surface area contributed by atoms with Crippen LogP contribution >= 0.6 is 23.4 Å². The first kappa shape index (κ1) is 19.7. The summed E-state index contributed by atoms with van der Waals surface area (Å²) >= 11 is 7.42. The van der Waals surface area contributed by atoms with E-state index in [9.17, 15) is 18.5 Å². The Kier molecular flexibility index (Phi) is 7.24. The monoisotopic (exact) mass is 400 g/mol. The van der Waals surface area contributed by atoms with E-state index in [0.29, 0.717) is 22.9 Å². The van der Waals surface area contributed by atoms with E-state index >= 15 is 0 Å². The molecule has 0 aliphatic rings. The van der Waals surface area contributed by atoms with Crippen molar-refractivity contribution in [3.8, 4) is 0 Å². The van der Waals surface area contributed by atoms with E-state index in [1.54, 1.807) is 17.8 Å². The lowest BCUT2D eigenvalue weighted by molar-refractivity contribution is -0.384. The summed E-state index contributed by atoms with van der Waals surface area (Å²) in [5.41, 5.74) is 1.38. The molecule has 134 valence electrons. The van der Waals surface area contributed by atoms with Gasteiger partial charge < -0.3 is 0 Å². The lowest BCUT2D eigenvalue weighted by atomic mass is 10.2. The van der Waals surface area contributed by atoms with Crippen molar-refractivity contribution in [1.82, 2.24) is 4.72 Å². The first-order chi connectivity index (χ1) is 11.9. The molecule has 0 aromatic heterocycles. The number of nitro groups is 1. The van der Waals surface area contributed by atoms with E-state index < -0.39 is 14.9 Å². The third-order valence-corrected chi connectivity index (χ3v) is 5.87. The summed E-state index contributed by atoms with van der Waals surface area (Å²) in [5, 5.41) is 11.4. The van der Waals surface area contributed by atoms with Gasteiger partial charge in [0.25, 0.3) is 5.69 Å². The molecule has 0 aliphatic heterocycles. The zero-order valence-corrected chi connectivity index (χ0v) is 15.6. The lowest BCUT2D eigenvalue weighted by Gasteiger charge is -2.07. The van der Waals surface area contributed by atoms with Crippen LogP contribution in [0.5, 0.6) is 0 Å². The van der Waals surface area contributed by atoms with E-state index in [2.05, 4.69) is 4.72 Å². The molecule has 0 saturated carbocycles. The van der Waals surface area contributed by atoms with Gasteiger partial charge in [0.1, 0.15) is 0 Å². The molecule has 0 aliphatic carbocycles. The van der Waals surface area contributed by atoms with Gasteiger partial charge in [-0.1, -0.05) is 35.9 Å². The molecule has 2 rings (SSSR count). The maximum atomic E-state index is 12.0. The molecule has 0 saturated heterocycles. The van der Waals surface area contributed by atoms with Gasteiger partial charge in [0, 0.05) is 35.2 Å². The molecule has 0 spiro atoms. The number of hydrogen-bond acceptors (Lipinski definition) is 5. The molecule has 0 heterocycles. The highest BCUT2D eigenvalue weighted by Gasteiger charge is 2.13. The first-order valence-corrected chi connectivity index (χ1v) is 10.6. The molecule has 2 aromatic carbocycles. The van der Waals surface area contributed by atoms with Crippen LogP contribution in [0.3, 0.4) is 0 Å². The largest absolute Gasteiger partial charge is 0.269 e. The van der Waals surface area contributed by atoms with Crippen LogP contribution in [-0.2, 0) is 21.5 Å². The molecular weight excluding hydrogens is 384 g/mol. The smallest absolute Gasteiger partial charge is 0.258 e. The number of halogens is 1. The number of benzene rings is 2. The van der Waals surface area contributed by atoms with Crippen molar-refractivity contribution in [2.75, 3.05) is 12.3 Å². The number of nitrogens with one attached hydrogen (secondary N) is 1. The molecule has 2 aromatic rings. The number of non-ortho nitro benzene ring substituents is 1. The van der Waals surface area contributed by atoms with Crippen LogP contribution in [0, 0.1) is 10.1 Å². The summed E-state index contributed by atoms with van der Waals surface area (Å²) in [6, 6.07) is 13.1. The first-order valence-electron chi connectivity index (χ1n) is 7.38. The van der Waals surface area contributed by atoms with Gasteiger partial charge in [0.15, 0.2) is 0 Å². The lowest BCUT2D eigenvalue weighted by Crippen LogP contribution is -2.27. The summed E-state index contributed by atoms with van der Waals surface area (Å²) in [7, 11) is -3.53. The Bertz CT molecular complexity index is 826. The number of sulfonamides is 1. The molecule has 9 heteroatoms. The highest BCUT2D eigenvalue weighted by molar-refractivity contribution is 7.98. The maximum Gasteiger partial charge on any atom is 0.269 e. The Morgan fingerprint density at radius 3 is 2.52 bits per heavy atom. The minimum atomic E-state index is -3.53. The van der Waals surface area contributed by atoms with Gasteiger partial charge in [-0.15, -0.1) is 0 Å². The third-order valence-electron chi connectivity index (χ3n) is 3.23. The van der Waals surface area contributed by atoms with Gasteiger partial charge in [-0.2, -0.15) is 11.8 Å². The van der Waals surface area contributed by atoms with Gasteiger partial charge in [-0.3, -0.25) is 10.1 Å². The molecule has 0 fully saturated rings. The van der Waals surface area contributed by atoms with Gasteiger partial charge in [0.05, 0.1) is 10.7 Å². The second kappa shape index (κ2) is 9.19. The quantitative estimate of drug-likeness (QED) is 0.394. The highest BCUT2D eigenvalue weighted by Crippen LogP contribution is 2.16. The molecule has 0 bridgehead atoms. The summed E-state index contributed by atoms with van der Waals surface area (Å²) < 4.78 is 26.6. The van der Waals surface area contributed by atoms with Crippen LogP contribution in [0.2, 0.25) is 5.02 Å². The van der Waals surface area contributed by atoms with Gasteiger partial charge >= 0.3 is 0 Å². The van der Waals surface area contributed by atoms with Gasteiger partial charge in [-0.05, 0) is 23.3 Å². The number of thioether (sulfide) groups is 1. The topological polar surface area (TPSA) is 89.3 Å². The summed E-state index contributed by atoms with van der Waals surface area (Å²) in [4.78, 5) is 10.2. The molecule has 0 radical (unpaired) electrons. The standard InChI is InChI=1S/C16H17ClN2O4S2/c17-15-6-4-13(5-7-15)11-24-9-8-18-25(22,23)12-14-2-1-3-16(10-14)19(20)21/h1-7,10,18H,8-9,11-12H2. The van der Waals surface area contributed by atoms with Crippen LogP contribution in [0.25, 0.3) is 0 Å². The van der Waals surface area contributed by atoms with Crippen LogP contribution in [0.15, 0.2) is 48.5 Å². The van der Waals surface area contributed by atoms with Crippen molar-refractivity contribution in [2.24, 2.45) is 0 Å².